The fourth-order valence-electron chi connectivity index (χ4n) is 1.97. The molecule has 21 heavy (non-hydrogen) atoms. The second-order valence-corrected chi connectivity index (χ2v) is 4.69. The van der Waals surface area contributed by atoms with Crippen molar-refractivity contribution in [1.29, 1.82) is 0 Å². The van der Waals surface area contributed by atoms with E-state index >= 15 is 0 Å². The SMILES string of the molecule is Cc1ccc(NC(=O)c2ccc(F)cc2C)c([N+](=O)[O-])c1. The molecule has 2 aromatic rings. The fraction of sp³-hybridized carbons (Fsp3) is 0.133. The van der Waals surface area contributed by atoms with Gasteiger partial charge in [-0.05, 0) is 49.2 Å². The van der Waals surface area contributed by atoms with Crippen molar-refractivity contribution < 1.29 is 14.1 Å². The molecule has 1 amide bonds. The standard InChI is InChI=1S/C15H13FN2O3/c1-9-3-6-13(14(7-9)18(20)21)17-15(19)12-5-4-11(16)8-10(12)2/h3-8H,1-2H3,(H,17,19). The lowest BCUT2D eigenvalue weighted by Crippen LogP contribution is -2.14. The van der Waals surface area contributed by atoms with Crippen molar-refractivity contribution in [3.63, 3.8) is 0 Å². The van der Waals surface area contributed by atoms with E-state index in [4.69, 9.17) is 0 Å². The van der Waals surface area contributed by atoms with Gasteiger partial charge in [0.1, 0.15) is 11.5 Å². The Morgan fingerprint density at radius 3 is 2.52 bits per heavy atom. The van der Waals surface area contributed by atoms with Crippen LogP contribution in [0.4, 0.5) is 15.8 Å². The third kappa shape index (κ3) is 3.22. The van der Waals surface area contributed by atoms with Crippen molar-refractivity contribution in [2.24, 2.45) is 0 Å². The van der Waals surface area contributed by atoms with E-state index in [2.05, 4.69) is 5.32 Å². The Morgan fingerprint density at radius 2 is 1.90 bits per heavy atom. The molecule has 0 heterocycles. The molecule has 5 nitrogen and oxygen atoms in total. The molecule has 2 aromatic carbocycles. The quantitative estimate of drug-likeness (QED) is 0.692. The van der Waals surface area contributed by atoms with Crippen LogP contribution in [0.25, 0.3) is 0 Å². The Kier molecular flexibility index (Phi) is 3.98. The number of carbonyl (C=O) groups excluding carboxylic acids is 1. The van der Waals surface area contributed by atoms with Gasteiger partial charge in [-0.3, -0.25) is 14.9 Å². The highest BCUT2D eigenvalue weighted by atomic mass is 19.1. The molecule has 0 unspecified atom stereocenters. The lowest BCUT2D eigenvalue weighted by atomic mass is 10.1. The van der Waals surface area contributed by atoms with Crippen LogP contribution in [0.1, 0.15) is 21.5 Å². The molecule has 6 heteroatoms. The Bertz CT molecular complexity index is 729. The van der Waals surface area contributed by atoms with E-state index < -0.39 is 16.6 Å². The first-order chi connectivity index (χ1) is 9.88. The van der Waals surface area contributed by atoms with E-state index in [0.717, 1.165) is 5.56 Å². The number of hydrogen-bond donors (Lipinski definition) is 1. The minimum atomic E-state index is -0.555. The van der Waals surface area contributed by atoms with Crippen molar-refractivity contribution in [2.45, 2.75) is 13.8 Å². The van der Waals surface area contributed by atoms with Crippen molar-refractivity contribution in [3.8, 4) is 0 Å². The van der Waals surface area contributed by atoms with Crippen LogP contribution in [0.2, 0.25) is 0 Å². The van der Waals surface area contributed by atoms with Gasteiger partial charge in [-0.15, -0.1) is 0 Å². The number of amides is 1. The molecule has 0 spiro atoms. The predicted octanol–water partition coefficient (Wildman–Crippen LogP) is 3.60. The summed E-state index contributed by atoms with van der Waals surface area (Å²) in [5, 5.41) is 13.5. The number of hydrogen-bond acceptors (Lipinski definition) is 3. The molecule has 1 N–H and O–H groups in total. The highest BCUT2D eigenvalue weighted by molar-refractivity contribution is 6.06. The zero-order chi connectivity index (χ0) is 15.6. The first-order valence-electron chi connectivity index (χ1n) is 6.21. The number of nitro benzene ring substituents is 1. The number of aryl methyl sites for hydroxylation is 2. The Hall–Kier alpha value is -2.76. The number of carbonyl (C=O) groups is 1. The number of nitrogens with zero attached hydrogens (tertiary/aromatic N) is 1. The van der Waals surface area contributed by atoms with E-state index in [1.807, 2.05) is 0 Å². The first kappa shape index (κ1) is 14.6. The maximum atomic E-state index is 13.0. The van der Waals surface area contributed by atoms with Gasteiger partial charge in [0.2, 0.25) is 0 Å². The maximum absolute atomic E-state index is 13.0. The van der Waals surface area contributed by atoms with E-state index in [1.165, 1.54) is 30.3 Å². The van der Waals surface area contributed by atoms with Crippen LogP contribution >= 0.6 is 0 Å². The van der Waals surface area contributed by atoms with Crippen LogP contribution in [-0.2, 0) is 0 Å². The molecule has 0 bridgehead atoms. The zero-order valence-electron chi connectivity index (χ0n) is 11.5. The van der Waals surface area contributed by atoms with E-state index in [9.17, 15) is 19.3 Å². The van der Waals surface area contributed by atoms with Gasteiger partial charge in [0.05, 0.1) is 4.92 Å². The third-order valence-corrected chi connectivity index (χ3v) is 3.03. The summed E-state index contributed by atoms with van der Waals surface area (Å²) in [7, 11) is 0. The summed E-state index contributed by atoms with van der Waals surface area (Å²) in [6.45, 7) is 3.32. The molecule has 0 saturated heterocycles. The van der Waals surface area contributed by atoms with E-state index in [0.29, 0.717) is 5.56 Å². The van der Waals surface area contributed by atoms with Gasteiger partial charge in [-0.2, -0.15) is 0 Å². The third-order valence-electron chi connectivity index (χ3n) is 3.03. The fourth-order valence-corrected chi connectivity index (χ4v) is 1.97. The summed E-state index contributed by atoms with van der Waals surface area (Å²) in [4.78, 5) is 22.6. The van der Waals surface area contributed by atoms with Gasteiger partial charge in [0, 0.05) is 11.6 Å². The highest BCUT2D eigenvalue weighted by Crippen LogP contribution is 2.26. The number of nitrogens with one attached hydrogen (secondary N) is 1. The van der Waals surface area contributed by atoms with Gasteiger partial charge in [-0.1, -0.05) is 6.07 Å². The summed E-state index contributed by atoms with van der Waals surface area (Å²) >= 11 is 0. The molecular weight excluding hydrogens is 275 g/mol. The highest BCUT2D eigenvalue weighted by Gasteiger charge is 2.17. The molecule has 0 fully saturated rings. The summed E-state index contributed by atoms with van der Waals surface area (Å²) in [6, 6.07) is 8.28. The number of benzene rings is 2. The topological polar surface area (TPSA) is 72.2 Å². The van der Waals surface area contributed by atoms with Crippen LogP contribution in [-0.4, -0.2) is 10.8 Å². The monoisotopic (exact) mass is 288 g/mol. The second kappa shape index (κ2) is 5.70. The molecule has 0 aliphatic heterocycles. The van der Waals surface area contributed by atoms with Crippen molar-refractivity contribution >= 4 is 17.3 Å². The van der Waals surface area contributed by atoms with Crippen LogP contribution in [0.5, 0.6) is 0 Å². The molecule has 108 valence electrons. The van der Waals surface area contributed by atoms with Gasteiger partial charge < -0.3 is 5.32 Å². The average molecular weight is 288 g/mol. The summed E-state index contributed by atoms with van der Waals surface area (Å²) in [5.74, 6) is -0.954. The molecular formula is C15H13FN2O3. The largest absolute Gasteiger partial charge is 0.316 e. The number of halogens is 1. The molecule has 2 rings (SSSR count). The van der Waals surface area contributed by atoms with E-state index in [1.54, 1.807) is 19.9 Å². The lowest BCUT2D eigenvalue weighted by Gasteiger charge is -2.08. The number of nitro groups is 1. The van der Waals surface area contributed by atoms with Crippen LogP contribution in [0.3, 0.4) is 0 Å². The Morgan fingerprint density at radius 1 is 1.19 bits per heavy atom. The lowest BCUT2D eigenvalue weighted by molar-refractivity contribution is -0.384. The summed E-state index contributed by atoms with van der Waals surface area (Å²) in [6.07, 6.45) is 0. The zero-order valence-corrected chi connectivity index (χ0v) is 11.5. The minimum Gasteiger partial charge on any atom is -0.316 e. The van der Waals surface area contributed by atoms with Crippen molar-refractivity contribution in [3.05, 3.63) is 69.0 Å². The molecule has 0 radical (unpaired) electrons. The number of anilines is 1. The molecule has 0 saturated carbocycles. The van der Waals surface area contributed by atoms with Gasteiger partial charge in [0.15, 0.2) is 0 Å². The maximum Gasteiger partial charge on any atom is 0.293 e. The Balaban J connectivity index is 2.34. The smallest absolute Gasteiger partial charge is 0.293 e. The molecule has 0 aliphatic carbocycles. The molecule has 0 aromatic heterocycles. The minimum absolute atomic E-state index is 0.110. The summed E-state index contributed by atoms with van der Waals surface area (Å²) in [5.41, 5.74) is 1.38. The normalized spacial score (nSPS) is 10.2. The Labute approximate surface area is 120 Å². The van der Waals surface area contributed by atoms with E-state index in [-0.39, 0.29) is 16.9 Å². The van der Waals surface area contributed by atoms with Crippen LogP contribution in [0.15, 0.2) is 36.4 Å². The summed E-state index contributed by atoms with van der Waals surface area (Å²) < 4.78 is 13.0. The van der Waals surface area contributed by atoms with Crippen molar-refractivity contribution in [2.75, 3.05) is 5.32 Å². The predicted molar refractivity (Wildman–Crippen MR) is 76.9 cm³/mol. The van der Waals surface area contributed by atoms with Gasteiger partial charge >= 0.3 is 0 Å². The van der Waals surface area contributed by atoms with Crippen LogP contribution in [0, 0.1) is 29.8 Å². The number of rotatable bonds is 3. The molecule has 0 atom stereocenters. The molecule has 0 aliphatic rings. The van der Waals surface area contributed by atoms with Gasteiger partial charge in [0.25, 0.3) is 11.6 Å². The first-order valence-corrected chi connectivity index (χ1v) is 6.21. The van der Waals surface area contributed by atoms with Crippen molar-refractivity contribution in [1.82, 2.24) is 0 Å². The second-order valence-electron chi connectivity index (χ2n) is 4.69. The van der Waals surface area contributed by atoms with Crippen LogP contribution < -0.4 is 5.32 Å². The average Bonchev–Trinajstić information content (AvgIpc) is 2.40. The van der Waals surface area contributed by atoms with Gasteiger partial charge in [-0.25, -0.2) is 4.39 Å².